The third-order valence-electron chi connectivity index (χ3n) is 4.60. The molecule has 0 bridgehead atoms. The molecule has 0 aliphatic carbocycles. The number of ether oxygens (including phenoxy) is 1. The first kappa shape index (κ1) is 13.9. The van der Waals surface area contributed by atoms with Crippen LogP contribution < -0.4 is 10.1 Å². The van der Waals surface area contributed by atoms with E-state index in [1.165, 1.54) is 11.1 Å². The van der Waals surface area contributed by atoms with Gasteiger partial charge >= 0.3 is 0 Å². The molecule has 1 N–H and O–H groups in total. The first-order valence-corrected chi connectivity index (χ1v) is 7.88. The minimum absolute atomic E-state index is 0.513. The Hall–Kier alpha value is -1.06. The number of nitrogens with one attached hydrogen (secondary N) is 1. The summed E-state index contributed by atoms with van der Waals surface area (Å²) < 4.78 is 5.95. The number of fused-ring (bicyclic) bond motifs is 1. The lowest BCUT2D eigenvalue weighted by molar-refractivity contribution is 0.0800. The second kappa shape index (κ2) is 5.74. The van der Waals surface area contributed by atoms with Crippen LogP contribution in [-0.2, 0) is 0 Å². The van der Waals surface area contributed by atoms with Crippen LogP contribution in [0, 0.1) is 5.92 Å². The molecule has 3 heteroatoms. The van der Waals surface area contributed by atoms with Crippen molar-refractivity contribution in [3.05, 3.63) is 29.3 Å². The van der Waals surface area contributed by atoms with E-state index in [0.717, 1.165) is 38.5 Å². The zero-order valence-electron chi connectivity index (χ0n) is 12.9. The van der Waals surface area contributed by atoms with Gasteiger partial charge in [0.25, 0.3) is 0 Å². The molecule has 1 aromatic carbocycles. The zero-order chi connectivity index (χ0) is 14.1. The van der Waals surface area contributed by atoms with Crippen LogP contribution in [-0.4, -0.2) is 37.7 Å². The second-order valence-corrected chi connectivity index (χ2v) is 6.47. The number of hydrogen-bond acceptors (Lipinski definition) is 3. The molecule has 110 valence electrons. The molecule has 2 aliphatic rings. The molecule has 2 unspecified atom stereocenters. The summed E-state index contributed by atoms with van der Waals surface area (Å²) in [4.78, 5) is 2.63. The quantitative estimate of drug-likeness (QED) is 0.897. The van der Waals surface area contributed by atoms with E-state index < -0.39 is 0 Å². The predicted octanol–water partition coefficient (Wildman–Crippen LogP) is 2.78. The van der Waals surface area contributed by atoms with Crippen LogP contribution in [0.4, 0.5) is 0 Å². The van der Waals surface area contributed by atoms with Gasteiger partial charge in [0.05, 0.1) is 6.61 Å². The topological polar surface area (TPSA) is 24.5 Å². The van der Waals surface area contributed by atoms with Crippen molar-refractivity contribution in [2.24, 2.45) is 5.92 Å². The Bertz CT molecular complexity index is 466. The fourth-order valence-corrected chi connectivity index (χ4v) is 3.42. The highest BCUT2D eigenvalue weighted by Crippen LogP contribution is 2.40. The smallest absolute Gasteiger partial charge is 0.124 e. The van der Waals surface area contributed by atoms with Crippen molar-refractivity contribution in [2.75, 3.05) is 32.8 Å². The van der Waals surface area contributed by atoms with Gasteiger partial charge in [-0.15, -0.1) is 0 Å². The highest BCUT2D eigenvalue weighted by Gasteiger charge is 2.33. The van der Waals surface area contributed by atoms with Crippen molar-refractivity contribution in [2.45, 2.75) is 32.7 Å². The van der Waals surface area contributed by atoms with Crippen LogP contribution in [0.1, 0.15) is 43.9 Å². The molecular formula is C17H26N2O. The van der Waals surface area contributed by atoms with Gasteiger partial charge in [0.15, 0.2) is 0 Å². The average molecular weight is 274 g/mol. The molecule has 1 fully saturated rings. The molecule has 1 saturated heterocycles. The summed E-state index contributed by atoms with van der Waals surface area (Å²) in [6.45, 7) is 12.1. The Morgan fingerprint density at radius 3 is 2.70 bits per heavy atom. The number of hydrogen-bond donors (Lipinski definition) is 1. The Kier molecular flexibility index (Phi) is 3.99. The number of rotatable bonds is 2. The maximum absolute atomic E-state index is 5.95. The average Bonchev–Trinajstić information content (AvgIpc) is 2.47. The summed E-state index contributed by atoms with van der Waals surface area (Å²) in [5.41, 5.74) is 2.82. The van der Waals surface area contributed by atoms with Gasteiger partial charge in [0, 0.05) is 43.7 Å². The SMILES string of the molecule is CC(C)c1ccc2c(c1)C(N1CCNCC1)C(C)CO2. The lowest BCUT2D eigenvalue weighted by Crippen LogP contribution is -2.48. The summed E-state index contributed by atoms with van der Waals surface area (Å²) in [7, 11) is 0. The van der Waals surface area contributed by atoms with E-state index >= 15 is 0 Å². The lowest BCUT2D eigenvalue weighted by Gasteiger charge is -2.41. The lowest BCUT2D eigenvalue weighted by atomic mass is 9.87. The first-order valence-electron chi connectivity index (χ1n) is 7.88. The Labute approximate surface area is 122 Å². The summed E-state index contributed by atoms with van der Waals surface area (Å²) >= 11 is 0. The summed E-state index contributed by atoms with van der Waals surface area (Å²) in [6.07, 6.45) is 0. The van der Waals surface area contributed by atoms with Gasteiger partial charge in [0.1, 0.15) is 5.75 Å². The van der Waals surface area contributed by atoms with Crippen molar-refractivity contribution in [3.8, 4) is 5.75 Å². The number of nitrogens with zero attached hydrogens (tertiary/aromatic N) is 1. The highest BCUT2D eigenvalue weighted by atomic mass is 16.5. The molecule has 0 aromatic heterocycles. The van der Waals surface area contributed by atoms with Gasteiger partial charge in [-0.3, -0.25) is 4.90 Å². The van der Waals surface area contributed by atoms with E-state index in [2.05, 4.69) is 49.2 Å². The van der Waals surface area contributed by atoms with Crippen LogP contribution in [0.15, 0.2) is 18.2 Å². The van der Waals surface area contributed by atoms with E-state index in [4.69, 9.17) is 4.74 Å². The van der Waals surface area contributed by atoms with Gasteiger partial charge in [-0.25, -0.2) is 0 Å². The van der Waals surface area contributed by atoms with Crippen molar-refractivity contribution >= 4 is 0 Å². The third-order valence-corrected chi connectivity index (χ3v) is 4.60. The first-order chi connectivity index (χ1) is 9.66. The van der Waals surface area contributed by atoms with Crippen LogP contribution in [0.5, 0.6) is 5.75 Å². The van der Waals surface area contributed by atoms with Gasteiger partial charge in [0.2, 0.25) is 0 Å². The molecule has 0 radical (unpaired) electrons. The highest BCUT2D eigenvalue weighted by molar-refractivity contribution is 5.42. The molecule has 0 amide bonds. The molecule has 2 aliphatic heterocycles. The van der Waals surface area contributed by atoms with Crippen LogP contribution in [0.25, 0.3) is 0 Å². The molecule has 3 rings (SSSR count). The van der Waals surface area contributed by atoms with E-state index in [0.29, 0.717) is 17.9 Å². The number of piperazine rings is 1. The largest absolute Gasteiger partial charge is 0.493 e. The van der Waals surface area contributed by atoms with E-state index in [1.807, 2.05) is 0 Å². The molecule has 0 spiro atoms. The zero-order valence-corrected chi connectivity index (χ0v) is 12.9. The standard InChI is InChI=1S/C17H26N2O/c1-12(2)14-4-5-16-15(10-14)17(13(3)11-20-16)19-8-6-18-7-9-19/h4-5,10,12-13,17-18H,6-9,11H2,1-3H3. The van der Waals surface area contributed by atoms with Crippen molar-refractivity contribution in [1.29, 1.82) is 0 Å². The Morgan fingerprint density at radius 2 is 2.00 bits per heavy atom. The maximum Gasteiger partial charge on any atom is 0.124 e. The van der Waals surface area contributed by atoms with Gasteiger partial charge < -0.3 is 10.1 Å². The minimum atomic E-state index is 0.513. The Balaban J connectivity index is 1.95. The monoisotopic (exact) mass is 274 g/mol. The number of benzene rings is 1. The Morgan fingerprint density at radius 1 is 1.25 bits per heavy atom. The third kappa shape index (κ3) is 2.57. The molecule has 2 heterocycles. The van der Waals surface area contributed by atoms with Gasteiger partial charge in [-0.2, -0.15) is 0 Å². The van der Waals surface area contributed by atoms with E-state index in [9.17, 15) is 0 Å². The van der Waals surface area contributed by atoms with Crippen LogP contribution in [0.2, 0.25) is 0 Å². The molecule has 2 atom stereocenters. The molecule has 0 saturated carbocycles. The molecule has 1 aromatic rings. The van der Waals surface area contributed by atoms with Crippen molar-refractivity contribution in [1.82, 2.24) is 10.2 Å². The second-order valence-electron chi connectivity index (χ2n) is 6.47. The normalized spacial score (nSPS) is 27.2. The van der Waals surface area contributed by atoms with Gasteiger partial charge in [-0.1, -0.05) is 32.9 Å². The summed E-state index contributed by atoms with van der Waals surface area (Å²) in [5, 5.41) is 3.45. The molecule has 3 nitrogen and oxygen atoms in total. The predicted molar refractivity (Wildman–Crippen MR) is 82.4 cm³/mol. The van der Waals surface area contributed by atoms with E-state index in [1.54, 1.807) is 0 Å². The van der Waals surface area contributed by atoms with E-state index in [-0.39, 0.29) is 0 Å². The fourth-order valence-electron chi connectivity index (χ4n) is 3.42. The minimum Gasteiger partial charge on any atom is -0.493 e. The van der Waals surface area contributed by atoms with Crippen molar-refractivity contribution in [3.63, 3.8) is 0 Å². The van der Waals surface area contributed by atoms with Crippen LogP contribution in [0.3, 0.4) is 0 Å². The van der Waals surface area contributed by atoms with Gasteiger partial charge in [-0.05, 0) is 17.5 Å². The van der Waals surface area contributed by atoms with Crippen LogP contribution >= 0.6 is 0 Å². The maximum atomic E-state index is 5.95. The molecule has 20 heavy (non-hydrogen) atoms. The molecular weight excluding hydrogens is 248 g/mol. The summed E-state index contributed by atoms with van der Waals surface area (Å²) in [6, 6.07) is 7.28. The fraction of sp³-hybridized carbons (Fsp3) is 0.647. The van der Waals surface area contributed by atoms with Crippen molar-refractivity contribution < 1.29 is 4.74 Å². The summed E-state index contributed by atoms with van der Waals surface area (Å²) in [5.74, 6) is 2.22.